The molecule has 1 nitrogen and oxygen atoms in total. The summed E-state index contributed by atoms with van der Waals surface area (Å²) in [6.45, 7) is 1.13. The van der Waals surface area contributed by atoms with E-state index in [0.29, 0.717) is 0 Å². The standard InChI is InChI=1S/C13H13F5OS/c1-12(13(16,17)18)5-7(6-20-12)8-3-4-9(14)10(15)11(8)19-2/h3-4,7H,5-6H2,1-2H3/t7-,12-/m1/s1. The molecule has 0 unspecified atom stereocenters. The first-order valence-corrected chi connectivity index (χ1v) is 6.91. The van der Waals surface area contributed by atoms with E-state index in [4.69, 9.17) is 4.74 Å². The van der Waals surface area contributed by atoms with Gasteiger partial charge >= 0.3 is 6.18 Å². The van der Waals surface area contributed by atoms with Crippen LogP contribution >= 0.6 is 11.8 Å². The van der Waals surface area contributed by atoms with Crippen LogP contribution in [0.25, 0.3) is 0 Å². The fraction of sp³-hybridized carbons (Fsp3) is 0.538. The molecule has 0 bridgehead atoms. The minimum absolute atomic E-state index is 0.178. The van der Waals surface area contributed by atoms with Gasteiger partial charge in [0.2, 0.25) is 5.82 Å². The van der Waals surface area contributed by atoms with Crippen LogP contribution in [0, 0.1) is 11.6 Å². The lowest BCUT2D eigenvalue weighted by atomic mass is 9.90. The quantitative estimate of drug-likeness (QED) is 0.743. The lowest BCUT2D eigenvalue weighted by Crippen LogP contribution is -2.36. The van der Waals surface area contributed by atoms with E-state index >= 15 is 0 Å². The summed E-state index contributed by atoms with van der Waals surface area (Å²) in [6, 6.07) is 2.21. The summed E-state index contributed by atoms with van der Waals surface area (Å²) in [5, 5.41) is 0. The third kappa shape index (κ3) is 2.47. The molecule has 0 amide bonds. The van der Waals surface area contributed by atoms with E-state index in [0.717, 1.165) is 24.8 Å². The summed E-state index contributed by atoms with van der Waals surface area (Å²) in [5.74, 6) is -2.86. The first-order chi connectivity index (χ1) is 9.19. The van der Waals surface area contributed by atoms with Gasteiger partial charge in [-0.25, -0.2) is 4.39 Å². The molecule has 1 fully saturated rings. The first-order valence-electron chi connectivity index (χ1n) is 5.92. The van der Waals surface area contributed by atoms with Crippen LogP contribution in [0.3, 0.4) is 0 Å². The molecule has 1 heterocycles. The van der Waals surface area contributed by atoms with Crippen molar-refractivity contribution in [3.8, 4) is 5.75 Å². The molecule has 0 aliphatic carbocycles. The summed E-state index contributed by atoms with van der Waals surface area (Å²) in [7, 11) is 1.17. The van der Waals surface area contributed by atoms with E-state index in [1.165, 1.54) is 13.2 Å². The van der Waals surface area contributed by atoms with Crippen molar-refractivity contribution < 1.29 is 26.7 Å². The van der Waals surface area contributed by atoms with Crippen LogP contribution in [0.2, 0.25) is 0 Å². The summed E-state index contributed by atoms with van der Waals surface area (Å²) in [5.41, 5.74) is 0.284. The maximum Gasteiger partial charge on any atom is 0.402 e. The first kappa shape index (κ1) is 15.4. The van der Waals surface area contributed by atoms with Gasteiger partial charge in [-0.1, -0.05) is 6.07 Å². The summed E-state index contributed by atoms with van der Waals surface area (Å²) in [6.07, 6.45) is -4.51. The Morgan fingerprint density at radius 3 is 2.45 bits per heavy atom. The molecule has 2 atom stereocenters. The highest BCUT2D eigenvalue weighted by molar-refractivity contribution is 8.01. The number of rotatable bonds is 2. The van der Waals surface area contributed by atoms with Crippen LogP contribution in [0.5, 0.6) is 5.75 Å². The molecule has 1 aliphatic rings. The molecule has 0 radical (unpaired) electrons. The van der Waals surface area contributed by atoms with Crippen molar-refractivity contribution in [1.82, 2.24) is 0 Å². The second kappa shape index (κ2) is 5.09. The average Bonchev–Trinajstić information content (AvgIpc) is 2.76. The SMILES string of the molecule is COc1c([C@H]2CS[C@@](C)(C(F)(F)F)C2)ccc(F)c1F. The zero-order valence-electron chi connectivity index (χ0n) is 10.9. The highest BCUT2D eigenvalue weighted by Gasteiger charge is 2.56. The Labute approximate surface area is 117 Å². The van der Waals surface area contributed by atoms with Crippen LogP contribution in [-0.4, -0.2) is 23.8 Å². The molecule has 112 valence electrons. The Hall–Kier alpha value is -0.980. The van der Waals surface area contributed by atoms with Gasteiger partial charge in [-0.3, -0.25) is 0 Å². The Bertz CT molecular complexity index is 516. The number of hydrogen-bond acceptors (Lipinski definition) is 2. The van der Waals surface area contributed by atoms with Crippen LogP contribution in [0.15, 0.2) is 12.1 Å². The maximum absolute atomic E-state index is 13.6. The Morgan fingerprint density at radius 1 is 1.30 bits per heavy atom. The number of halogens is 5. The molecule has 2 rings (SSSR count). The average molecular weight is 312 g/mol. The monoisotopic (exact) mass is 312 g/mol. The largest absolute Gasteiger partial charge is 0.493 e. The number of methoxy groups -OCH3 is 1. The molecule has 1 saturated heterocycles. The van der Waals surface area contributed by atoms with Crippen molar-refractivity contribution in [1.29, 1.82) is 0 Å². The van der Waals surface area contributed by atoms with Gasteiger partial charge in [0.1, 0.15) is 4.75 Å². The van der Waals surface area contributed by atoms with E-state index in [9.17, 15) is 22.0 Å². The van der Waals surface area contributed by atoms with Crippen molar-refractivity contribution in [2.45, 2.75) is 30.2 Å². The molecule has 7 heteroatoms. The van der Waals surface area contributed by atoms with Gasteiger partial charge in [0, 0.05) is 11.3 Å². The summed E-state index contributed by atoms with van der Waals surface area (Å²) >= 11 is 0.787. The van der Waals surface area contributed by atoms with Gasteiger partial charge in [-0.2, -0.15) is 17.6 Å². The Balaban J connectivity index is 2.34. The van der Waals surface area contributed by atoms with E-state index in [1.807, 2.05) is 0 Å². The third-order valence-corrected chi connectivity index (χ3v) is 5.17. The molecule has 0 saturated carbocycles. The fourth-order valence-corrected chi connectivity index (χ4v) is 3.69. The molecule has 0 spiro atoms. The van der Waals surface area contributed by atoms with E-state index in [1.54, 1.807) is 0 Å². The topological polar surface area (TPSA) is 9.23 Å². The van der Waals surface area contributed by atoms with Gasteiger partial charge < -0.3 is 4.74 Å². The molecule has 20 heavy (non-hydrogen) atoms. The fourth-order valence-electron chi connectivity index (χ4n) is 2.35. The lowest BCUT2D eigenvalue weighted by molar-refractivity contribution is -0.155. The Morgan fingerprint density at radius 2 is 1.95 bits per heavy atom. The van der Waals surface area contributed by atoms with Crippen LogP contribution < -0.4 is 4.74 Å². The summed E-state index contributed by atoms with van der Waals surface area (Å²) in [4.78, 5) is 0. The third-order valence-electron chi connectivity index (χ3n) is 3.56. The molecular formula is C13H13F5OS. The number of benzene rings is 1. The second-order valence-corrected chi connectivity index (χ2v) is 6.45. The van der Waals surface area contributed by atoms with E-state index in [2.05, 4.69) is 0 Å². The molecule has 0 aromatic heterocycles. The van der Waals surface area contributed by atoms with Crippen LogP contribution in [-0.2, 0) is 0 Å². The van der Waals surface area contributed by atoms with Gasteiger partial charge in [-0.05, 0) is 25.3 Å². The van der Waals surface area contributed by atoms with Crippen LogP contribution in [0.4, 0.5) is 22.0 Å². The lowest BCUT2D eigenvalue weighted by Gasteiger charge is -2.26. The molecule has 1 aromatic rings. The zero-order chi connectivity index (χ0) is 15.1. The number of alkyl halides is 3. The minimum atomic E-state index is -4.34. The van der Waals surface area contributed by atoms with Crippen molar-refractivity contribution in [2.75, 3.05) is 12.9 Å². The van der Waals surface area contributed by atoms with Gasteiger partial charge in [-0.15, -0.1) is 11.8 Å². The molecular weight excluding hydrogens is 299 g/mol. The predicted molar refractivity (Wildman–Crippen MR) is 67.2 cm³/mol. The van der Waals surface area contributed by atoms with Gasteiger partial charge in [0.15, 0.2) is 11.6 Å². The predicted octanol–water partition coefficient (Wildman–Crippen LogP) is 4.51. The zero-order valence-corrected chi connectivity index (χ0v) is 11.7. The number of ether oxygens (including phenoxy) is 1. The van der Waals surface area contributed by atoms with Gasteiger partial charge in [0.05, 0.1) is 7.11 Å². The van der Waals surface area contributed by atoms with Crippen molar-refractivity contribution in [2.24, 2.45) is 0 Å². The van der Waals surface area contributed by atoms with E-state index < -0.39 is 28.5 Å². The number of thioether (sulfide) groups is 1. The van der Waals surface area contributed by atoms with E-state index in [-0.39, 0.29) is 23.5 Å². The summed E-state index contributed by atoms with van der Waals surface area (Å²) < 4.78 is 68.6. The molecule has 1 aromatic carbocycles. The van der Waals surface area contributed by atoms with Crippen molar-refractivity contribution in [3.63, 3.8) is 0 Å². The van der Waals surface area contributed by atoms with Crippen molar-refractivity contribution in [3.05, 3.63) is 29.3 Å². The number of hydrogen-bond donors (Lipinski definition) is 0. The minimum Gasteiger partial charge on any atom is -0.493 e. The maximum atomic E-state index is 13.6. The van der Waals surface area contributed by atoms with Gasteiger partial charge in [0.25, 0.3) is 0 Å². The smallest absolute Gasteiger partial charge is 0.402 e. The van der Waals surface area contributed by atoms with Crippen LogP contribution in [0.1, 0.15) is 24.8 Å². The molecule has 0 N–H and O–H groups in total. The molecule has 1 aliphatic heterocycles. The second-order valence-electron chi connectivity index (χ2n) is 4.92. The highest BCUT2D eigenvalue weighted by Crippen LogP contribution is 2.55. The Kier molecular flexibility index (Phi) is 3.92. The highest BCUT2D eigenvalue weighted by atomic mass is 32.2. The van der Waals surface area contributed by atoms with Crippen molar-refractivity contribution >= 4 is 11.8 Å². The normalized spacial score (nSPS) is 26.9.